The lowest BCUT2D eigenvalue weighted by Gasteiger charge is -2.34. The van der Waals surface area contributed by atoms with Crippen molar-refractivity contribution in [3.8, 4) is 0 Å². The van der Waals surface area contributed by atoms with E-state index in [9.17, 15) is 0 Å². The first-order valence-corrected chi connectivity index (χ1v) is 16.8. The van der Waals surface area contributed by atoms with Gasteiger partial charge in [0.15, 0.2) is 0 Å². The number of para-hydroxylation sites is 1. The monoisotopic (exact) mass is 547 g/mol. The molecular formula is C37H61N3. The molecule has 2 aromatic rings. The molecule has 4 aliphatic carbocycles. The van der Waals surface area contributed by atoms with Crippen molar-refractivity contribution in [2.24, 2.45) is 42.6 Å². The lowest BCUT2D eigenvalue weighted by atomic mass is 9.77. The van der Waals surface area contributed by atoms with Crippen molar-refractivity contribution in [2.75, 3.05) is 14.1 Å². The standard InChI is InChI=1S/2C13H23N.C10H11N.CH4/c1-9-7-11-8-10-5-3-4-6-12(10)13(11)14(9)2;1-9-7-12-11-6-4-3-5-10(11)8-13(12)14(9)2;1-8-7-9-5-3-4-6-10(9)11(8)2;/h2*9-13H,3-8H2,1-2H3;3-7H,1-2H3;1H4. The summed E-state index contributed by atoms with van der Waals surface area (Å²) >= 11 is 0. The fraction of sp³-hybridized carbons (Fsp3) is 0.784. The number of rotatable bonds is 0. The molecule has 2 saturated heterocycles. The molecule has 0 N–H and O–H groups in total. The van der Waals surface area contributed by atoms with Crippen LogP contribution < -0.4 is 0 Å². The molecule has 10 unspecified atom stereocenters. The summed E-state index contributed by atoms with van der Waals surface area (Å²) in [5.74, 6) is 6.52. The van der Waals surface area contributed by atoms with Gasteiger partial charge in [0.05, 0.1) is 0 Å². The van der Waals surface area contributed by atoms with Crippen LogP contribution in [0.1, 0.15) is 104 Å². The van der Waals surface area contributed by atoms with Crippen LogP contribution in [0.3, 0.4) is 0 Å². The maximum atomic E-state index is 2.70. The summed E-state index contributed by atoms with van der Waals surface area (Å²) in [6.07, 6.45) is 18.3. The molecular weight excluding hydrogens is 486 g/mol. The highest BCUT2D eigenvalue weighted by atomic mass is 15.2. The van der Waals surface area contributed by atoms with Gasteiger partial charge in [0, 0.05) is 42.4 Å². The van der Waals surface area contributed by atoms with Crippen LogP contribution in [-0.4, -0.2) is 52.6 Å². The Bertz CT molecular complexity index is 1100. The average Bonchev–Trinajstić information content (AvgIpc) is 3.70. The minimum atomic E-state index is 0. The summed E-state index contributed by atoms with van der Waals surface area (Å²) in [6.45, 7) is 6.95. The van der Waals surface area contributed by atoms with Gasteiger partial charge < -0.3 is 14.4 Å². The Hall–Kier alpha value is -1.32. The second-order valence-electron chi connectivity index (χ2n) is 14.8. The topological polar surface area (TPSA) is 11.4 Å². The molecule has 3 heterocycles. The predicted molar refractivity (Wildman–Crippen MR) is 173 cm³/mol. The van der Waals surface area contributed by atoms with Gasteiger partial charge in [0.2, 0.25) is 0 Å². The SMILES string of the molecule is C.CC1CC2C3CCCCC3CC2N1C.CC1CC2CC3CCCCC3C2N1C.Cc1cc2ccccc2n1C. The van der Waals surface area contributed by atoms with E-state index in [1.54, 1.807) is 25.7 Å². The molecule has 3 nitrogen and oxygen atoms in total. The van der Waals surface area contributed by atoms with Crippen molar-refractivity contribution in [2.45, 2.75) is 129 Å². The molecule has 40 heavy (non-hydrogen) atoms. The highest BCUT2D eigenvalue weighted by Crippen LogP contribution is 2.53. The zero-order valence-corrected chi connectivity index (χ0v) is 26.0. The van der Waals surface area contributed by atoms with E-state index in [1.807, 2.05) is 0 Å². The summed E-state index contributed by atoms with van der Waals surface area (Å²) in [5, 5.41) is 1.33. The lowest BCUT2D eigenvalue weighted by molar-refractivity contribution is 0.147. The molecule has 2 aliphatic heterocycles. The lowest BCUT2D eigenvalue weighted by Crippen LogP contribution is -2.37. The second kappa shape index (κ2) is 12.5. The van der Waals surface area contributed by atoms with Gasteiger partial charge in [-0.1, -0.05) is 64.2 Å². The van der Waals surface area contributed by atoms with E-state index in [1.165, 1.54) is 68.0 Å². The quantitative estimate of drug-likeness (QED) is 0.326. The molecule has 3 heteroatoms. The van der Waals surface area contributed by atoms with Crippen LogP contribution in [0.2, 0.25) is 0 Å². The first-order chi connectivity index (χ1) is 18.8. The number of aryl methyl sites for hydroxylation is 2. The average molecular weight is 548 g/mol. The molecule has 0 bridgehead atoms. The fourth-order valence-corrected chi connectivity index (χ4v) is 10.6. The van der Waals surface area contributed by atoms with Gasteiger partial charge in [0.25, 0.3) is 0 Å². The van der Waals surface area contributed by atoms with Crippen molar-refractivity contribution in [1.29, 1.82) is 0 Å². The van der Waals surface area contributed by atoms with Gasteiger partial charge in [-0.3, -0.25) is 0 Å². The summed E-state index contributed by atoms with van der Waals surface area (Å²) in [6, 6.07) is 14.3. The molecule has 4 saturated carbocycles. The number of hydrogen-bond acceptors (Lipinski definition) is 2. The van der Waals surface area contributed by atoms with Crippen molar-refractivity contribution in [3.05, 3.63) is 36.0 Å². The molecule has 8 rings (SSSR count). The highest BCUT2D eigenvalue weighted by molar-refractivity contribution is 5.81. The Morgan fingerprint density at radius 1 is 0.650 bits per heavy atom. The molecule has 1 aromatic carbocycles. The van der Waals surface area contributed by atoms with E-state index in [-0.39, 0.29) is 7.43 Å². The number of benzene rings is 1. The molecule has 1 aromatic heterocycles. The van der Waals surface area contributed by atoms with Gasteiger partial charge in [-0.05, 0) is 126 Å². The van der Waals surface area contributed by atoms with E-state index in [2.05, 4.69) is 86.6 Å². The van der Waals surface area contributed by atoms with Crippen molar-refractivity contribution in [3.63, 3.8) is 0 Å². The molecule has 6 fully saturated rings. The smallest absolute Gasteiger partial charge is 0.0479 e. The van der Waals surface area contributed by atoms with E-state index in [0.29, 0.717) is 0 Å². The van der Waals surface area contributed by atoms with E-state index >= 15 is 0 Å². The molecule has 224 valence electrons. The first kappa shape index (κ1) is 30.1. The van der Waals surface area contributed by atoms with Crippen LogP contribution >= 0.6 is 0 Å². The number of aromatic nitrogens is 1. The van der Waals surface area contributed by atoms with Crippen LogP contribution in [0, 0.1) is 42.4 Å². The molecule has 0 spiro atoms. The van der Waals surface area contributed by atoms with Crippen LogP contribution in [0.15, 0.2) is 30.3 Å². The highest BCUT2D eigenvalue weighted by Gasteiger charge is 2.51. The van der Waals surface area contributed by atoms with Crippen LogP contribution in [-0.2, 0) is 7.05 Å². The Balaban J connectivity index is 0.000000121. The zero-order valence-electron chi connectivity index (χ0n) is 26.0. The Kier molecular flexibility index (Phi) is 9.42. The van der Waals surface area contributed by atoms with Gasteiger partial charge in [-0.2, -0.15) is 0 Å². The van der Waals surface area contributed by atoms with Crippen LogP contribution in [0.5, 0.6) is 0 Å². The number of nitrogens with zero attached hydrogens (tertiary/aromatic N) is 3. The summed E-state index contributed by atoms with van der Waals surface area (Å²) in [4.78, 5) is 5.36. The van der Waals surface area contributed by atoms with Crippen molar-refractivity contribution in [1.82, 2.24) is 14.4 Å². The third-order valence-corrected chi connectivity index (χ3v) is 12.9. The third kappa shape index (κ3) is 5.56. The Morgan fingerprint density at radius 2 is 1.27 bits per heavy atom. The van der Waals surface area contributed by atoms with Crippen LogP contribution in [0.25, 0.3) is 10.9 Å². The second-order valence-corrected chi connectivity index (χ2v) is 14.8. The maximum Gasteiger partial charge on any atom is 0.0479 e. The summed E-state index contributed by atoms with van der Waals surface area (Å²) < 4.78 is 2.20. The van der Waals surface area contributed by atoms with Gasteiger partial charge in [-0.15, -0.1) is 0 Å². The minimum absolute atomic E-state index is 0. The van der Waals surface area contributed by atoms with Crippen molar-refractivity contribution >= 4 is 10.9 Å². The number of likely N-dealkylation sites (tertiary alicyclic amines) is 2. The fourth-order valence-electron chi connectivity index (χ4n) is 10.6. The van der Waals surface area contributed by atoms with E-state index in [4.69, 9.17) is 0 Å². The molecule has 6 aliphatic rings. The van der Waals surface area contributed by atoms with Crippen LogP contribution in [0.4, 0.5) is 0 Å². The number of fused-ring (bicyclic) bond motifs is 7. The van der Waals surface area contributed by atoms with Gasteiger partial charge >= 0.3 is 0 Å². The normalized spacial score (nSPS) is 40.1. The van der Waals surface area contributed by atoms with Crippen molar-refractivity contribution < 1.29 is 0 Å². The van der Waals surface area contributed by atoms with E-state index in [0.717, 1.165) is 59.7 Å². The zero-order chi connectivity index (χ0) is 27.3. The molecule has 10 atom stereocenters. The largest absolute Gasteiger partial charge is 0.348 e. The maximum absolute atomic E-state index is 2.70. The minimum Gasteiger partial charge on any atom is -0.348 e. The van der Waals surface area contributed by atoms with Gasteiger partial charge in [-0.25, -0.2) is 0 Å². The molecule has 0 amide bonds. The summed E-state index contributed by atoms with van der Waals surface area (Å²) in [5.41, 5.74) is 2.62. The third-order valence-electron chi connectivity index (χ3n) is 12.9. The predicted octanol–water partition coefficient (Wildman–Crippen LogP) is 8.93. The summed E-state index contributed by atoms with van der Waals surface area (Å²) in [7, 11) is 6.82. The molecule has 0 radical (unpaired) electrons. The van der Waals surface area contributed by atoms with E-state index < -0.39 is 0 Å². The number of hydrogen-bond donors (Lipinski definition) is 0. The Labute approximate surface area is 247 Å². The van der Waals surface area contributed by atoms with Gasteiger partial charge in [0.1, 0.15) is 0 Å². The first-order valence-electron chi connectivity index (χ1n) is 16.8. The Morgan fingerprint density at radius 3 is 2.00 bits per heavy atom.